The van der Waals surface area contributed by atoms with Crippen molar-refractivity contribution in [3.63, 3.8) is 0 Å². The number of carbonyl (C=O) groups excluding carboxylic acids is 2. The summed E-state index contributed by atoms with van der Waals surface area (Å²) in [6.07, 6.45) is 1.49. The summed E-state index contributed by atoms with van der Waals surface area (Å²) in [7, 11) is 0. The Kier molecular flexibility index (Phi) is 5.19. The summed E-state index contributed by atoms with van der Waals surface area (Å²) in [5.41, 5.74) is 1.02. The van der Waals surface area contributed by atoms with Crippen LogP contribution >= 0.6 is 11.6 Å². The summed E-state index contributed by atoms with van der Waals surface area (Å²) >= 11 is 5.79. The van der Waals surface area contributed by atoms with Crippen LogP contribution in [0.5, 0.6) is 5.75 Å². The lowest BCUT2D eigenvalue weighted by Crippen LogP contribution is -2.50. The first-order valence-electron chi connectivity index (χ1n) is 8.07. The zero-order valence-corrected chi connectivity index (χ0v) is 14.5. The molecule has 0 bridgehead atoms. The summed E-state index contributed by atoms with van der Waals surface area (Å²) in [6, 6.07) is 10.3. The van der Waals surface area contributed by atoms with E-state index in [1.807, 2.05) is 13.0 Å². The molecule has 1 aliphatic rings. The lowest BCUT2D eigenvalue weighted by Gasteiger charge is -2.34. The van der Waals surface area contributed by atoms with E-state index in [1.54, 1.807) is 35.2 Å². The minimum absolute atomic E-state index is 0.133. The van der Waals surface area contributed by atoms with Crippen LogP contribution in [-0.4, -0.2) is 36.0 Å². The van der Waals surface area contributed by atoms with E-state index in [4.69, 9.17) is 16.3 Å². The molecule has 1 aliphatic heterocycles. The van der Waals surface area contributed by atoms with Gasteiger partial charge < -0.3 is 15.0 Å². The molecular weight excluding hydrogens is 342 g/mol. The van der Waals surface area contributed by atoms with E-state index < -0.39 is 6.10 Å². The molecule has 0 saturated carbocycles. The Bertz CT molecular complexity index is 779. The number of ether oxygens (including phenoxy) is 1. The average Bonchev–Trinajstić information content (AvgIpc) is 2.65. The third-order valence-electron chi connectivity index (χ3n) is 3.83. The van der Waals surface area contributed by atoms with E-state index in [0.717, 1.165) is 6.42 Å². The number of amides is 2. The first-order valence-corrected chi connectivity index (χ1v) is 8.44. The standard InChI is InChI=1S/C18H18ClN3O3/c1-2-9-20-17(23)15-11-22(13-5-3-4-6-14(13)25-15)18(24)12-7-8-16(19)21-10-12/h3-8,10,15H,2,9,11H2,1H3,(H,20,23)/t15-/m1/s1. The molecule has 2 heterocycles. The first kappa shape index (κ1) is 17.2. The summed E-state index contributed by atoms with van der Waals surface area (Å²) < 4.78 is 5.78. The minimum Gasteiger partial charge on any atom is -0.477 e. The SMILES string of the molecule is CCCNC(=O)[C@H]1CN(C(=O)c2ccc(Cl)nc2)c2ccccc2O1. The van der Waals surface area contributed by atoms with Gasteiger partial charge in [-0.05, 0) is 30.7 Å². The number of hydrogen-bond acceptors (Lipinski definition) is 4. The summed E-state index contributed by atoms with van der Waals surface area (Å²) in [4.78, 5) is 30.7. The van der Waals surface area contributed by atoms with Crippen LogP contribution in [0.15, 0.2) is 42.6 Å². The number of benzene rings is 1. The molecule has 6 nitrogen and oxygen atoms in total. The highest BCUT2D eigenvalue weighted by Gasteiger charge is 2.34. The van der Waals surface area contributed by atoms with E-state index in [0.29, 0.717) is 28.7 Å². The molecule has 0 radical (unpaired) electrons. The van der Waals surface area contributed by atoms with Gasteiger partial charge in [0.2, 0.25) is 0 Å². The van der Waals surface area contributed by atoms with E-state index in [1.165, 1.54) is 6.20 Å². The molecular formula is C18H18ClN3O3. The van der Waals surface area contributed by atoms with Crippen molar-refractivity contribution < 1.29 is 14.3 Å². The molecule has 1 atom stereocenters. The second-order valence-electron chi connectivity index (χ2n) is 5.65. The number of aromatic nitrogens is 1. The van der Waals surface area contributed by atoms with Gasteiger partial charge >= 0.3 is 0 Å². The fraction of sp³-hybridized carbons (Fsp3) is 0.278. The summed E-state index contributed by atoms with van der Waals surface area (Å²) in [5, 5.41) is 3.12. The molecule has 1 N–H and O–H groups in total. The zero-order valence-electron chi connectivity index (χ0n) is 13.7. The normalized spacial score (nSPS) is 15.9. The van der Waals surface area contributed by atoms with Gasteiger partial charge in [0.05, 0.1) is 17.8 Å². The van der Waals surface area contributed by atoms with Gasteiger partial charge in [-0.2, -0.15) is 0 Å². The number of hydrogen-bond donors (Lipinski definition) is 1. The molecule has 3 rings (SSSR count). The van der Waals surface area contributed by atoms with Gasteiger partial charge in [0, 0.05) is 12.7 Å². The highest BCUT2D eigenvalue weighted by atomic mass is 35.5. The maximum Gasteiger partial charge on any atom is 0.262 e. The molecule has 0 fully saturated rings. The smallest absolute Gasteiger partial charge is 0.262 e. The summed E-state index contributed by atoms with van der Waals surface area (Å²) in [5.74, 6) is 0.0114. The van der Waals surface area contributed by atoms with Gasteiger partial charge in [-0.1, -0.05) is 30.7 Å². The number of rotatable bonds is 4. The quantitative estimate of drug-likeness (QED) is 0.852. The van der Waals surface area contributed by atoms with E-state index >= 15 is 0 Å². The lowest BCUT2D eigenvalue weighted by molar-refractivity contribution is -0.127. The fourth-order valence-corrected chi connectivity index (χ4v) is 2.70. The van der Waals surface area contributed by atoms with Crippen LogP contribution < -0.4 is 15.0 Å². The third-order valence-corrected chi connectivity index (χ3v) is 4.06. The maximum atomic E-state index is 12.9. The van der Waals surface area contributed by atoms with Crippen LogP contribution in [0.1, 0.15) is 23.7 Å². The van der Waals surface area contributed by atoms with Crippen molar-refractivity contribution in [3.8, 4) is 5.75 Å². The Balaban J connectivity index is 1.89. The van der Waals surface area contributed by atoms with E-state index in [9.17, 15) is 9.59 Å². The molecule has 25 heavy (non-hydrogen) atoms. The number of nitrogens with one attached hydrogen (secondary N) is 1. The van der Waals surface area contributed by atoms with Crippen molar-refractivity contribution in [2.75, 3.05) is 18.0 Å². The Morgan fingerprint density at radius 3 is 2.84 bits per heavy atom. The van der Waals surface area contributed by atoms with Gasteiger partial charge in [-0.3, -0.25) is 9.59 Å². The van der Waals surface area contributed by atoms with Crippen LogP contribution in [0.25, 0.3) is 0 Å². The number of nitrogens with zero attached hydrogens (tertiary/aromatic N) is 2. The Morgan fingerprint density at radius 2 is 2.12 bits per heavy atom. The largest absolute Gasteiger partial charge is 0.477 e. The van der Waals surface area contributed by atoms with Crippen molar-refractivity contribution in [2.24, 2.45) is 0 Å². The average molecular weight is 360 g/mol. The first-order chi connectivity index (χ1) is 12.1. The third kappa shape index (κ3) is 3.74. The van der Waals surface area contributed by atoms with E-state index in [-0.39, 0.29) is 18.4 Å². The van der Waals surface area contributed by atoms with Crippen LogP contribution in [0.4, 0.5) is 5.69 Å². The second kappa shape index (κ2) is 7.53. The number of carbonyl (C=O) groups is 2. The Morgan fingerprint density at radius 1 is 1.32 bits per heavy atom. The topological polar surface area (TPSA) is 71.5 Å². The number of halogens is 1. The highest BCUT2D eigenvalue weighted by Crippen LogP contribution is 2.34. The van der Waals surface area contributed by atoms with Gasteiger partial charge in [0.15, 0.2) is 6.10 Å². The van der Waals surface area contributed by atoms with Crippen LogP contribution in [0.2, 0.25) is 5.15 Å². The predicted octanol–water partition coefficient (Wildman–Crippen LogP) is 2.67. The Hall–Kier alpha value is -2.60. The van der Waals surface area contributed by atoms with Crippen LogP contribution in [0.3, 0.4) is 0 Å². The zero-order chi connectivity index (χ0) is 17.8. The van der Waals surface area contributed by atoms with Crippen molar-refractivity contribution in [1.82, 2.24) is 10.3 Å². The van der Waals surface area contributed by atoms with Gasteiger partial charge in [-0.15, -0.1) is 0 Å². The highest BCUT2D eigenvalue weighted by molar-refractivity contribution is 6.29. The molecule has 2 amide bonds. The predicted molar refractivity (Wildman–Crippen MR) is 95.1 cm³/mol. The van der Waals surface area contributed by atoms with Gasteiger partial charge in [0.25, 0.3) is 11.8 Å². The van der Waals surface area contributed by atoms with Crippen molar-refractivity contribution in [1.29, 1.82) is 0 Å². The molecule has 1 aromatic carbocycles. The molecule has 0 unspecified atom stereocenters. The molecule has 0 aliphatic carbocycles. The van der Waals surface area contributed by atoms with Crippen molar-refractivity contribution in [3.05, 3.63) is 53.3 Å². The number of para-hydroxylation sites is 2. The lowest BCUT2D eigenvalue weighted by atomic mass is 10.1. The van der Waals surface area contributed by atoms with Gasteiger partial charge in [-0.25, -0.2) is 4.98 Å². The maximum absolute atomic E-state index is 12.9. The van der Waals surface area contributed by atoms with Crippen LogP contribution in [-0.2, 0) is 4.79 Å². The van der Waals surface area contributed by atoms with Crippen LogP contribution in [0, 0.1) is 0 Å². The second-order valence-corrected chi connectivity index (χ2v) is 6.04. The molecule has 130 valence electrons. The molecule has 0 spiro atoms. The van der Waals surface area contributed by atoms with E-state index in [2.05, 4.69) is 10.3 Å². The Labute approximate surface area is 150 Å². The van der Waals surface area contributed by atoms with Gasteiger partial charge in [0.1, 0.15) is 10.9 Å². The fourth-order valence-electron chi connectivity index (χ4n) is 2.58. The minimum atomic E-state index is -0.759. The number of fused-ring (bicyclic) bond motifs is 1. The van der Waals surface area contributed by atoms with Crippen molar-refractivity contribution in [2.45, 2.75) is 19.4 Å². The monoisotopic (exact) mass is 359 g/mol. The molecule has 1 aromatic heterocycles. The molecule has 0 saturated heterocycles. The molecule has 7 heteroatoms. The van der Waals surface area contributed by atoms with Crippen molar-refractivity contribution >= 4 is 29.1 Å². The molecule has 2 aromatic rings. The number of pyridine rings is 1. The number of anilines is 1. The summed E-state index contributed by atoms with van der Waals surface area (Å²) in [6.45, 7) is 2.67.